The van der Waals surface area contributed by atoms with E-state index < -0.39 is 15.1 Å². The molecule has 0 unspecified atom stereocenters. The van der Waals surface area contributed by atoms with Crippen LogP contribution in [0.5, 0.6) is 0 Å². The van der Waals surface area contributed by atoms with Gasteiger partial charge in [0.25, 0.3) is 0 Å². The Labute approximate surface area is 110 Å². The van der Waals surface area contributed by atoms with Crippen LogP contribution in [0.4, 0.5) is 5.69 Å². The van der Waals surface area contributed by atoms with E-state index in [4.69, 9.17) is 5.73 Å². The molecule has 18 heavy (non-hydrogen) atoms. The Morgan fingerprint density at radius 2 is 1.78 bits per heavy atom. The van der Waals surface area contributed by atoms with Crippen molar-refractivity contribution in [1.29, 1.82) is 0 Å². The molecular weight excluding hydrogens is 248 g/mol. The van der Waals surface area contributed by atoms with E-state index in [1.807, 2.05) is 19.2 Å². The molecule has 0 amide bonds. The van der Waals surface area contributed by atoms with Crippen molar-refractivity contribution in [2.24, 2.45) is 5.73 Å². The summed E-state index contributed by atoms with van der Waals surface area (Å²) in [5.74, 6) is 0. The van der Waals surface area contributed by atoms with Crippen molar-refractivity contribution in [3.63, 3.8) is 0 Å². The van der Waals surface area contributed by atoms with Crippen molar-refractivity contribution in [2.45, 2.75) is 30.4 Å². The Hall–Kier alpha value is -1.07. The lowest BCUT2D eigenvalue weighted by Gasteiger charge is -2.19. The maximum Gasteiger partial charge on any atom is 0.180 e. The minimum absolute atomic E-state index is 0.383. The van der Waals surface area contributed by atoms with Gasteiger partial charge < -0.3 is 10.6 Å². The average molecular weight is 270 g/mol. The third-order valence-electron chi connectivity index (χ3n) is 2.92. The molecule has 2 N–H and O–H groups in total. The fourth-order valence-electron chi connectivity index (χ4n) is 1.62. The molecule has 0 saturated carbocycles. The van der Waals surface area contributed by atoms with E-state index in [-0.39, 0.29) is 0 Å². The summed E-state index contributed by atoms with van der Waals surface area (Å²) in [5, 5.41) is -0.390. The SMILES string of the molecule is CC(C)S(=O)(=O)c1ccc(N(C)CCCN)cc1. The van der Waals surface area contributed by atoms with Crippen LogP contribution in [0.15, 0.2) is 29.2 Å². The molecule has 0 fully saturated rings. The molecule has 0 saturated heterocycles. The van der Waals surface area contributed by atoms with Gasteiger partial charge in [-0.05, 0) is 51.1 Å². The van der Waals surface area contributed by atoms with E-state index in [9.17, 15) is 8.42 Å². The minimum Gasteiger partial charge on any atom is -0.375 e. The molecule has 0 bridgehead atoms. The highest BCUT2D eigenvalue weighted by Crippen LogP contribution is 2.20. The first kappa shape index (κ1) is 15.0. The van der Waals surface area contributed by atoms with E-state index in [2.05, 4.69) is 4.90 Å². The van der Waals surface area contributed by atoms with Crippen molar-refractivity contribution in [2.75, 3.05) is 25.0 Å². The third-order valence-corrected chi connectivity index (χ3v) is 5.09. The summed E-state index contributed by atoms with van der Waals surface area (Å²) >= 11 is 0. The second kappa shape index (κ2) is 6.20. The zero-order valence-corrected chi connectivity index (χ0v) is 12.1. The van der Waals surface area contributed by atoms with Gasteiger partial charge in [0, 0.05) is 19.3 Å². The molecule has 0 radical (unpaired) electrons. The van der Waals surface area contributed by atoms with Crippen LogP contribution in [0.3, 0.4) is 0 Å². The first-order valence-corrected chi connectivity index (χ1v) is 7.69. The van der Waals surface area contributed by atoms with Gasteiger partial charge in [0.2, 0.25) is 0 Å². The second-order valence-corrected chi connectivity index (χ2v) is 7.16. The Morgan fingerprint density at radius 3 is 2.22 bits per heavy atom. The highest BCUT2D eigenvalue weighted by Gasteiger charge is 2.18. The maximum absolute atomic E-state index is 12.0. The predicted molar refractivity (Wildman–Crippen MR) is 75.7 cm³/mol. The van der Waals surface area contributed by atoms with Crippen LogP contribution in [-0.2, 0) is 9.84 Å². The lowest BCUT2D eigenvalue weighted by Crippen LogP contribution is -2.21. The van der Waals surface area contributed by atoms with Crippen LogP contribution >= 0.6 is 0 Å². The predicted octanol–water partition coefficient (Wildman–Crippen LogP) is 1.65. The van der Waals surface area contributed by atoms with Crippen molar-refractivity contribution >= 4 is 15.5 Å². The van der Waals surface area contributed by atoms with Crippen LogP contribution in [0.2, 0.25) is 0 Å². The van der Waals surface area contributed by atoms with Crippen molar-refractivity contribution in [3.8, 4) is 0 Å². The highest BCUT2D eigenvalue weighted by molar-refractivity contribution is 7.92. The average Bonchev–Trinajstić information content (AvgIpc) is 2.35. The van der Waals surface area contributed by atoms with E-state index in [1.165, 1.54) is 0 Å². The lowest BCUT2D eigenvalue weighted by molar-refractivity contribution is 0.587. The molecule has 0 aliphatic carbocycles. The zero-order chi connectivity index (χ0) is 13.8. The Morgan fingerprint density at radius 1 is 1.22 bits per heavy atom. The van der Waals surface area contributed by atoms with Crippen molar-refractivity contribution < 1.29 is 8.42 Å². The quantitative estimate of drug-likeness (QED) is 0.854. The molecule has 102 valence electrons. The molecule has 5 heteroatoms. The number of anilines is 1. The number of rotatable bonds is 6. The van der Waals surface area contributed by atoms with Gasteiger partial charge in [0.1, 0.15) is 0 Å². The molecule has 0 atom stereocenters. The molecule has 1 rings (SSSR count). The van der Waals surface area contributed by atoms with E-state index in [1.54, 1.807) is 26.0 Å². The number of nitrogens with two attached hydrogens (primary N) is 1. The van der Waals surface area contributed by atoms with Gasteiger partial charge in [-0.1, -0.05) is 0 Å². The van der Waals surface area contributed by atoms with Gasteiger partial charge in [-0.25, -0.2) is 8.42 Å². The minimum atomic E-state index is -3.17. The van der Waals surface area contributed by atoms with Gasteiger partial charge in [-0.15, -0.1) is 0 Å². The second-order valence-electron chi connectivity index (χ2n) is 4.65. The van der Waals surface area contributed by atoms with Crippen molar-refractivity contribution in [1.82, 2.24) is 0 Å². The molecule has 0 aliphatic rings. The molecular formula is C13H22N2O2S. The number of benzene rings is 1. The number of sulfone groups is 1. The summed E-state index contributed by atoms with van der Waals surface area (Å²) in [6.07, 6.45) is 0.919. The van der Waals surface area contributed by atoms with Crippen LogP contribution < -0.4 is 10.6 Å². The van der Waals surface area contributed by atoms with E-state index in [0.717, 1.165) is 18.7 Å². The highest BCUT2D eigenvalue weighted by atomic mass is 32.2. The Kier molecular flexibility index (Phi) is 5.16. The molecule has 0 aromatic heterocycles. The van der Waals surface area contributed by atoms with Gasteiger partial charge >= 0.3 is 0 Å². The van der Waals surface area contributed by atoms with Crippen LogP contribution in [0.25, 0.3) is 0 Å². The van der Waals surface area contributed by atoms with Crippen LogP contribution in [0.1, 0.15) is 20.3 Å². The van der Waals surface area contributed by atoms with Gasteiger partial charge in [-0.3, -0.25) is 0 Å². The number of nitrogens with zero attached hydrogens (tertiary/aromatic N) is 1. The van der Waals surface area contributed by atoms with Crippen LogP contribution in [-0.4, -0.2) is 33.8 Å². The monoisotopic (exact) mass is 270 g/mol. The molecule has 0 heterocycles. The normalized spacial score (nSPS) is 11.8. The molecule has 0 aliphatic heterocycles. The summed E-state index contributed by atoms with van der Waals surface area (Å²) in [5.41, 5.74) is 6.47. The van der Waals surface area contributed by atoms with Crippen molar-refractivity contribution in [3.05, 3.63) is 24.3 Å². The fourth-order valence-corrected chi connectivity index (χ4v) is 2.68. The topological polar surface area (TPSA) is 63.4 Å². The Balaban J connectivity index is 2.87. The largest absolute Gasteiger partial charge is 0.375 e. The van der Waals surface area contributed by atoms with Crippen LogP contribution in [0, 0.1) is 0 Å². The fraction of sp³-hybridized carbons (Fsp3) is 0.538. The maximum atomic E-state index is 12.0. The Bertz CT molecular complexity index is 466. The van der Waals surface area contributed by atoms with E-state index in [0.29, 0.717) is 11.4 Å². The zero-order valence-electron chi connectivity index (χ0n) is 11.3. The summed E-state index contributed by atoms with van der Waals surface area (Å²) < 4.78 is 23.9. The number of hydrogen-bond donors (Lipinski definition) is 1. The first-order valence-electron chi connectivity index (χ1n) is 6.14. The van der Waals surface area contributed by atoms with Gasteiger partial charge in [0.05, 0.1) is 10.1 Å². The summed E-state index contributed by atoms with van der Waals surface area (Å²) in [6.45, 7) is 4.91. The smallest absolute Gasteiger partial charge is 0.180 e. The number of hydrogen-bond acceptors (Lipinski definition) is 4. The summed E-state index contributed by atoms with van der Waals surface area (Å²) in [4.78, 5) is 2.45. The molecule has 0 spiro atoms. The lowest BCUT2D eigenvalue weighted by atomic mass is 10.3. The molecule has 1 aromatic carbocycles. The summed E-state index contributed by atoms with van der Waals surface area (Å²) in [6, 6.07) is 7.02. The standard InChI is InChI=1S/C13H22N2O2S/c1-11(2)18(16,17)13-7-5-12(6-8-13)15(3)10-4-9-14/h5-8,11H,4,9-10,14H2,1-3H3. The summed E-state index contributed by atoms with van der Waals surface area (Å²) in [7, 11) is -1.20. The van der Waals surface area contributed by atoms with Gasteiger partial charge in [0.15, 0.2) is 9.84 Å². The molecule has 1 aromatic rings. The third kappa shape index (κ3) is 3.46. The van der Waals surface area contributed by atoms with E-state index >= 15 is 0 Å². The van der Waals surface area contributed by atoms with Gasteiger partial charge in [-0.2, -0.15) is 0 Å². The first-order chi connectivity index (χ1) is 8.39. The molecule has 4 nitrogen and oxygen atoms in total.